The van der Waals surface area contributed by atoms with Gasteiger partial charge in [0.25, 0.3) is 0 Å². The van der Waals surface area contributed by atoms with E-state index in [1.807, 2.05) is 19.1 Å². The van der Waals surface area contributed by atoms with E-state index in [1.165, 1.54) is 6.92 Å². The minimum atomic E-state index is -0.118. The van der Waals surface area contributed by atoms with Gasteiger partial charge >= 0.3 is 0 Å². The van der Waals surface area contributed by atoms with Gasteiger partial charge in [0.05, 0.1) is 0 Å². The maximum absolute atomic E-state index is 11.5. The predicted octanol–water partition coefficient (Wildman–Crippen LogP) is 1.71. The van der Waals surface area contributed by atoms with E-state index in [-0.39, 0.29) is 31.3 Å². The van der Waals surface area contributed by atoms with Crippen molar-refractivity contribution in [1.29, 1.82) is 0 Å². The predicted molar refractivity (Wildman–Crippen MR) is 69.1 cm³/mol. The number of amides is 1. The van der Waals surface area contributed by atoms with Gasteiger partial charge in [-0.05, 0) is 37.1 Å². The van der Waals surface area contributed by atoms with Gasteiger partial charge in [-0.25, -0.2) is 0 Å². The minimum absolute atomic E-state index is 0.0226. The third-order valence-corrected chi connectivity index (χ3v) is 3.01. The molecule has 5 heteroatoms. The number of carbonyl (C=O) groups is 2. The summed E-state index contributed by atoms with van der Waals surface area (Å²) < 4.78 is 10.6. The molecule has 1 amide bonds. The molecule has 1 heterocycles. The lowest BCUT2D eigenvalue weighted by Crippen LogP contribution is -2.23. The lowest BCUT2D eigenvalue weighted by atomic mass is 10.1. The number of Topliss-reactive ketones (excluding diaryl/α,β-unsaturated/α-hetero) is 1. The maximum atomic E-state index is 11.5. The first kappa shape index (κ1) is 13.4. The molecule has 1 aliphatic heterocycles. The summed E-state index contributed by atoms with van der Waals surface area (Å²) in [5.41, 5.74) is 2.02. The number of fused-ring (bicyclic) bond motifs is 1. The van der Waals surface area contributed by atoms with Crippen LogP contribution in [-0.4, -0.2) is 18.5 Å². The first-order valence-corrected chi connectivity index (χ1v) is 6.21. The molecule has 0 unspecified atom stereocenters. The lowest BCUT2D eigenvalue weighted by molar-refractivity contribution is -0.124. The molecule has 5 nitrogen and oxygen atoms in total. The highest BCUT2D eigenvalue weighted by atomic mass is 16.7. The number of benzene rings is 1. The van der Waals surface area contributed by atoms with Crippen LogP contribution in [0.3, 0.4) is 0 Å². The van der Waals surface area contributed by atoms with Gasteiger partial charge in [-0.1, -0.05) is 0 Å². The second-order valence-corrected chi connectivity index (χ2v) is 4.61. The average Bonchev–Trinajstić information content (AvgIpc) is 2.80. The number of aryl methyl sites for hydroxylation is 1. The van der Waals surface area contributed by atoms with Crippen LogP contribution in [0.25, 0.3) is 0 Å². The smallest absolute Gasteiger partial charge is 0.231 e. The number of ketones is 1. The van der Waals surface area contributed by atoms with Crippen molar-refractivity contribution in [3.63, 3.8) is 0 Å². The summed E-state index contributed by atoms with van der Waals surface area (Å²) >= 11 is 0. The number of carbonyl (C=O) groups excluding carboxylic acids is 2. The molecule has 1 N–H and O–H groups in total. The Kier molecular flexibility index (Phi) is 4.04. The highest BCUT2D eigenvalue weighted by Gasteiger charge is 2.15. The van der Waals surface area contributed by atoms with Crippen LogP contribution in [0.1, 0.15) is 30.9 Å². The molecule has 0 spiro atoms. The first-order chi connectivity index (χ1) is 9.06. The van der Waals surface area contributed by atoms with Gasteiger partial charge < -0.3 is 19.6 Å². The fourth-order valence-electron chi connectivity index (χ4n) is 1.85. The molecule has 102 valence electrons. The molecule has 1 aromatic carbocycles. The monoisotopic (exact) mass is 263 g/mol. The second-order valence-electron chi connectivity index (χ2n) is 4.61. The van der Waals surface area contributed by atoms with E-state index in [0.717, 1.165) is 16.9 Å². The molecule has 0 saturated heterocycles. The van der Waals surface area contributed by atoms with E-state index in [1.54, 1.807) is 0 Å². The van der Waals surface area contributed by atoms with Crippen LogP contribution >= 0.6 is 0 Å². The van der Waals surface area contributed by atoms with Crippen molar-refractivity contribution in [2.45, 2.75) is 33.2 Å². The number of rotatable bonds is 5. The Morgan fingerprint density at radius 3 is 2.58 bits per heavy atom. The molecule has 1 aromatic rings. The van der Waals surface area contributed by atoms with Crippen molar-refractivity contribution in [2.24, 2.45) is 0 Å². The number of hydrogen-bond donors (Lipinski definition) is 1. The summed E-state index contributed by atoms with van der Waals surface area (Å²) in [5.74, 6) is 1.35. The molecule has 0 aromatic heterocycles. The van der Waals surface area contributed by atoms with Crippen molar-refractivity contribution in [2.75, 3.05) is 6.79 Å². The van der Waals surface area contributed by atoms with E-state index in [9.17, 15) is 9.59 Å². The van der Waals surface area contributed by atoms with Crippen molar-refractivity contribution in [3.05, 3.63) is 23.3 Å². The van der Waals surface area contributed by atoms with Gasteiger partial charge in [-0.15, -0.1) is 0 Å². The van der Waals surface area contributed by atoms with Crippen LogP contribution in [0.2, 0.25) is 0 Å². The largest absolute Gasteiger partial charge is 0.454 e. The fraction of sp³-hybridized carbons (Fsp3) is 0.429. The third kappa shape index (κ3) is 3.47. The Morgan fingerprint density at radius 2 is 1.89 bits per heavy atom. The van der Waals surface area contributed by atoms with Crippen LogP contribution in [0, 0.1) is 6.92 Å². The summed E-state index contributed by atoms with van der Waals surface area (Å²) in [6.45, 7) is 4.11. The number of hydrogen-bond acceptors (Lipinski definition) is 4. The van der Waals surface area contributed by atoms with Crippen molar-refractivity contribution < 1.29 is 19.1 Å². The SMILES string of the molecule is CC(=O)CCC(=O)NCc1cc2c(cc1C)OCO2. The zero-order chi connectivity index (χ0) is 13.8. The van der Waals surface area contributed by atoms with E-state index < -0.39 is 0 Å². The fourth-order valence-corrected chi connectivity index (χ4v) is 1.85. The summed E-state index contributed by atoms with van der Waals surface area (Å²) in [6.07, 6.45) is 0.519. The molecule has 0 radical (unpaired) electrons. The normalized spacial score (nSPS) is 12.3. The van der Waals surface area contributed by atoms with Crippen LogP contribution in [-0.2, 0) is 16.1 Å². The Bertz CT molecular complexity index is 510. The van der Waals surface area contributed by atoms with Crippen molar-refractivity contribution in [1.82, 2.24) is 5.32 Å². The minimum Gasteiger partial charge on any atom is -0.454 e. The lowest BCUT2D eigenvalue weighted by Gasteiger charge is -2.09. The maximum Gasteiger partial charge on any atom is 0.231 e. The van der Waals surface area contributed by atoms with Crippen LogP contribution in [0.15, 0.2) is 12.1 Å². The molecule has 1 aliphatic rings. The van der Waals surface area contributed by atoms with Gasteiger partial charge in [0.15, 0.2) is 11.5 Å². The Labute approximate surface area is 111 Å². The number of ether oxygens (including phenoxy) is 2. The van der Waals surface area contributed by atoms with Crippen LogP contribution in [0.5, 0.6) is 11.5 Å². The van der Waals surface area contributed by atoms with Gasteiger partial charge in [0.2, 0.25) is 12.7 Å². The molecular weight excluding hydrogens is 246 g/mol. The molecule has 0 saturated carbocycles. The van der Waals surface area contributed by atoms with Crippen LogP contribution < -0.4 is 14.8 Å². The quantitative estimate of drug-likeness (QED) is 0.878. The molecule has 19 heavy (non-hydrogen) atoms. The van der Waals surface area contributed by atoms with Crippen LogP contribution in [0.4, 0.5) is 0 Å². The standard InChI is InChI=1S/C14H17NO4/c1-9-5-12-13(19-8-18-12)6-11(9)7-15-14(17)4-3-10(2)16/h5-6H,3-4,7-8H2,1-2H3,(H,15,17). The third-order valence-electron chi connectivity index (χ3n) is 3.01. The van der Waals surface area contributed by atoms with E-state index in [4.69, 9.17) is 9.47 Å². The topological polar surface area (TPSA) is 64.6 Å². The molecule has 0 bridgehead atoms. The average molecular weight is 263 g/mol. The molecular formula is C14H17NO4. The Hall–Kier alpha value is -2.04. The molecule has 0 fully saturated rings. The summed E-state index contributed by atoms with van der Waals surface area (Å²) in [7, 11) is 0. The summed E-state index contributed by atoms with van der Waals surface area (Å²) in [5, 5.41) is 2.80. The van der Waals surface area contributed by atoms with Gasteiger partial charge in [-0.2, -0.15) is 0 Å². The van der Waals surface area contributed by atoms with Gasteiger partial charge in [0, 0.05) is 19.4 Å². The van der Waals surface area contributed by atoms with E-state index in [2.05, 4.69) is 5.32 Å². The van der Waals surface area contributed by atoms with E-state index >= 15 is 0 Å². The highest BCUT2D eigenvalue weighted by Crippen LogP contribution is 2.34. The number of nitrogens with one attached hydrogen (secondary N) is 1. The molecule has 0 atom stereocenters. The zero-order valence-electron chi connectivity index (χ0n) is 11.1. The molecule has 0 aliphatic carbocycles. The Morgan fingerprint density at radius 1 is 1.21 bits per heavy atom. The molecule has 2 rings (SSSR count). The summed E-state index contributed by atoms with van der Waals surface area (Å²) in [4.78, 5) is 22.3. The second kappa shape index (κ2) is 5.73. The van der Waals surface area contributed by atoms with Crippen molar-refractivity contribution in [3.8, 4) is 11.5 Å². The van der Waals surface area contributed by atoms with E-state index in [0.29, 0.717) is 12.3 Å². The van der Waals surface area contributed by atoms with Crippen molar-refractivity contribution >= 4 is 11.7 Å². The highest BCUT2D eigenvalue weighted by molar-refractivity contribution is 5.83. The van der Waals surface area contributed by atoms with Gasteiger partial charge in [0.1, 0.15) is 5.78 Å². The van der Waals surface area contributed by atoms with Gasteiger partial charge in [-0.3, -0.25) is 4.79 Å². The summed E-state index contributed by atoms with van der Waals surface area (Å²) in [6, 6.07) is 3.78. The Balaban J connectivity index is 1.93. The first-order valence-electron chi connectivity index (χ1n) is 6.21. The zero-order valence-corrected chi connectivity index (χ0v) is 11.1.